The first-order valence-corrected chi connectivity index (χ1v) is 7.42. The van der Waals surface area contributed by atoms with Gasteiger partial charge in [0.1, 0.15) is 23.0 Å². The third-order valence-electron chi connectivity index (χ3n) is 4.44. The Balaban J connectivity index is 2.00. The largest absolute Gasteiger partial charge is 0.498 e. The van der Waals surface area contributed by atoms with Gasteiger partial charge in [0.25, 0.3) is 0 Å². The molecule has 0 saturated heterocycles. The van der Waals surface area contributed by atoms with Crippen LogP contribution in [-0.2, 0) is 15.1 Å². The van der Waals surface area contributed by atoms with Gasteiger partial charge in [0, 0.05) is 13.0 Å². The number of hydrogen-bond donors (Lipinski definition) is 0. The van der Waals surface area contributed by atoms with Crippen LogP contribution in [0, 0.1) is 11.6 Å². The van der Waals surface area contributed by atoms with E-state index in [0.29, 0.717) is 12.2 Å². The summed E-state index contributed by atoms with van der Waals surface area (Å²) in [7, 11) is 3.21. The Hall–Kier alpha value is -2.20. The van der Waals surface area contributed by atoms with Crippen LogP contribution in [0.25, 0.3) is 0 Å². The van der Waals surface area contributed by atoms with E-state index in [1.54, 1.807) is 38.5 Å². The van der Waals surface area contributed by atoms with Crippen molar-refractivity contribution in [2.75, 3.05) is 14.2 Å². The Morgan fingerprint density at radius 2 is 1.48 bits per heavy atom. The van der Waals surface area contributed by atoms with Gasteiger partial charge in [-0.3, -0.25) is 0 Å². The summed E-state index contributed by atoms with van der Waals surface area (Å²) < 4.78 is 37.7. The lowest BCUT2D eigenvalue weighted by molar-refractivity contribution is -0.0217. The van der Waals surface area contributed by atoms with E-state index in [1.165, 1.54) is 24.3 Å². The third kappa shape index (κ3) is 2.75. The minimum Gasteiger partial charge on any atom is -0.498 e. The number of hydrogen-bond acceptors (Lipinski definition) is 2. The quantitative estimate of drug-likeness (QED) is 0.825. The van der Waals surface area contributed by atoms with Crippen LogP contribution < -0.4 is 0 Å². The highest BCUT2D eigenvalue weighted by atomic mass is 19.1. The van der Waals surface area contributed by atoms with E-state index >= 15 is 0 Å². The number of allylic oxidation sites excluding steroid dienone is 1. The standard InChI is InChI=1S/C19H18F2O2/c1-22-18-11-14(13-3-7-16(20)8-4-13)12-19(18,23-2)15-5-9-17(21)10-6-15/h3-11,14H,12H2,1-2H3. The molecule has 2 aromatic rings. The van der Waals surface area contributed by atoms with Gasteiger partial charge in [-0.2, -0.15) is 0 Å². The fraction of sp³-hybridized carbons (Fsp3) is 0.263. The fourth-order valence-electron chi connectivity index (χ4n) is 3.22. The summed E-state index contributed by atoms with van der Waals surface area (Å²) in [4.78, 5) is 0. The summed E-state index contributed by atoms with van der Waals surface area (Å²) in [6.45, 7) is 0. The van der Waals surface area contributed by atoms with Crippen molar-refractivity contribution < 1.29 is 18.3 Å². The van der Waals surface area contributed by atoms with Gasteiger partial charge in [-0.25, -0.2) is 8.78 Å². The molecule has 2 aromatic carbocycles. The lowest BCUT2D eigenvalue weighted by Gasteiger charge is -2.31. The van der Waals surface area contributed by atoms with Crippen molar-refractivity contribution in [2.24, 2.45) is 0 Å². The number of benzene rings is 2. The predicted octanol–water partition coefficient (Wildman–Crippen LogP) is 4.52. The SMILES string of the molecule is COC1=CC(c2ccc(F)cc2)CC1(OC)c1ccc(F)cc1. The van der Waals surface area contributed by atoms with Crippen molar-refractivity contribution in [3.63, 3.8) is 0 Å². The lowest BCUT2D eigenvalue weighted by Crippen LogP contribution is -2.29. The zero-order chi connectivity index (χ0) is 16.4. The molecule has 1 aliphatic carbocycles. The first-order valence-electron chi connectivity index (χ1n) is 7.42. The molecule has 0 amide bonds. The van der Waals surface area contributed by atoms with Gasteiger partial charge in [-0.1, -0.05) is 24.3 Å². The van der Waals surface area contributed by atoms with Crippen LogP contribution in [0.15, 0.2) is 60.4 Å². The second-order valence-electron chi connectivity index (χ2n) is 5.64. The number of methoxy groups -OCH3 is 2. The predicted molar refractivity (Wildman–Crippen MR) is 83.9 cm³/mol. The van der Waals surface area contributed by atoms with Crippen molar-refractivity contribution in [1.82, 2.24) is 0 Å². The van der Waals surface area contributed by atoms with Gasteiger partial charge < -0.3 is 9.47 Å². The van der Waals surface area contributed by atoms with Crippen LogP contribution in [0.1, 0.15) is 23.5 Å². The molecular formula is C19H18F2O2. The van der Waals surface area contributed by atoms with E-state index in [4.69, 9.17) is 9.47 Å². The second kappa shape index (κ2) is 6.13. The van der Waals surface area contributed by atoms with Gasteiger partial charge in [0.15, 0.2) is 0 Å². The minimum atomic E-state index is -0.762. The Morgan fingerprint density at radius 3 is 2.00 bits per heavy atom. The zero-order valence-corrected chi connectivity index (χ0v) is 13.1. The van der Waals surface area contributed by atoms with Crippen molar-refractivity contribution in [3.05, 3.63) is 83.1 Å². The van der Waals surface area contributed by atoms with Gasteiger partial charge in [-0.15, -0.1) is 0 Å². The maximum absolute atomic E-state index is 13.2. The smallest absolute Gasteiger partial charge is 0.150 e. The van der Waals surface area contributed by atoms with Gasteiger partial charge in [-0.05, 0) is 47.9 Å². The molecule has 2 unspecified atom stereocenters. The van der Waals surface area contributed by atoms with E-state index in [2.05, 4.69) is 0 Å². The molecule has 0 saturated carbocycles. The van der Waals surface area contributed by atoms with Gasteiger partial charge in [0.05, 0.1) is 7.11 Å². The van der Waals surface area contributed by atoms with Crippen molar-refractivity contribution in [3.8, 4) is 0 Å². The van der Waals surface area contributed by atoms with Crippen LogP contribution in [0.5, 0.6) is 0 Å². The van der Waals surface area contributed by atoms with Gasteiger partial charge in [0.2, 0.25) is 0 Å². The molecule has 0 radical (unpaired) electrons. The highest BCUT2D eigenvalue weighted by Gasteiger charge is 2.45. The molecule has 120 valence electrons. The van der Waals surface area contributed by atoms with Crippen molar-refractivity contribution in [2.45, 2.75) is 17.9 Å². The summed E-state index contributed by atoms with van der Waals surface area (Å²) in [5, 5.41) is 0. The lowest BCUT2D eigenvalue weighted by atomic mass is 9.87. The maximum atomic E-state index is 13.2. The van der Waals surface area contributed by atoms with Crippen LogP contribution in [0.3, 0.4) is 0 Å². The first-order chi connectivity index (χ1) is 11.1. The molecule has 0 aliphatic heterocycles. The molecule has 0 N–H and O–H groups in total. The molecule has 0 aromatic heterocycles. The molecule has 1 aliphatic rings. The average molecular weight is 316 g/mol. The summed E-state index contributed by atoms with van der Waals surface area (Å²) in [6, 6.07) is 12.7. The number of ether oxygens (including phenoxy) is 2. The molecule has 4 heteroatoms. The van der Waals surface area contributed by atoms with Crippen LogP contribution in [0.4, 0.5) is 8.78 Å². The first kappa shape index (κ1) is 15.7. The molecule has 0 heterocycles. The summed E-state index contributed by atoms with van der Waals surface area (Å²) in [6.07, 6.45) is 2.60. The fourth-order valence-corrected chi connectivity index (χ4v) is 3.22. The van der Waals surface area contributed by atoms with E-state index in [0.717, 1.165) is 11.1 Å². The van der Waals surface area contributed by atoms with Crippen molar-refractivity contribution >= 4 is 0 Å². The molecule has 3 rings (SSSR count). The highest BCUT2D eigenvalue weighted by Crippen LogP contribution is 2.48. The molecule has 23 heavy (non-hydrogen) atoms. The van der Waals surface area contributed by atoms with E-state index in [1.807, 2.05) is 6.08 Å². The van der Waals surface area contributed by atoms with Crippen molar-refractivity contribution in [1.29, 1.82) is 0 Å². The highest BCUT2D eigenvalue weighted by molar-refractivity contribution is 5.40. The number of halogens is 2. The number of rotatable bonds is 4. The molecule has 0 spiro atoms. The summed E-state index contributed by atoms with van der Waals surface area (Å²) >= 11 is 0. The van der Waals surface area contributed by atoms with Gasteiger partial charge >= 0.3 is 0 Å². The molecular weight excluding hydrogens is 298 g/mol. The Kier molecular flexibility index (Phi) is 4.18. The molecule has 2 nitrogen and oxygen atoms in total. The van der Waals surface area contributed by atoms with E-state index in [9.17, 15) is 8.78 Å². The Morgan fingerprint density at radius 1 is 0.913 bits per heavy atom. The van der Waals surface area contributed by atoms with E-state index < -0.39 is 5.60 Å². The molecule has 0 bridgehead atoms. The van der Waals surface area contributed by atoms with E-state index in [-0.39, 0.29) is 17.6 Å². The Bertz CT molecular complexity index is 707. The molecule has 0 fully saturated rings. The summed E-state index contributed by atoms with van der Waals surface area (Å²) in [5.41, 5.74) is 1.06. The topological polar surface area (TPSA) is 18.5 Å². The summed E-state index contributed by atoms with van der Waals surface area (Å²) in [5.74, 6) is 0.159. The third-order valence-corrected chi connectivity index (χ3v) is 4.44. The average Bonchev–Trinajstić information content (AvgIpc) is 2.96. The minimum absolute atomic E-state index is 0.0375. The maximum Gasteiger partial charge on any atom is 0.150 e. The second-order valence-corrected chi connectivity index (χ2v) is 5.64. The van der Waals surface area contributed by atoms with Crippen LogP contribution in [-0.4, -0.2) is 14.2 Å². The monoisotopic (exact) mass is 316 g/mol. The normalized spacial score (nSPS) is 23.7. The molecule has 2 atom stereocenters. The zero-order valence-electron chi connectivity index (χ0n) is 13.1. The Labute approximate surface area is 134 Å². The van der Waals surface area contributed by atoms with Crippen LogP contribution in [0.2, 0.25) is 0 Å². The van der Waals surface area contributed by atoms with Crippen LogP contribution >= 0.6 is 0 Å².